The first-order valence-corrected chi connectivity index (χ1v) is 7.35. The van der Waals surface area contributed by atoms with E-state index in [0.29, 0.717) is 26.4 Å². The van der Waals surface area contributed by atoms with Gasteiger partial charge in [-0.2, -0.15) is 0 Å². The smallest absolute Gasteiger partial charge is 0.287 e. The van der Waals surface area contributed by atoms with Crippen molar-refractivity contribution in [1.29, 1.82) is 0 Å². The van der Waals surface area contributed by atoms with Crippen molar-refractivity contribution in [3.8, 4) is 0 Å². The first-order chi connectivity index (χ1) is 9.14. The van der Waals surface area contributed by atoms with Gasteiger partial charge in [-0.3, -0.25) is 0 Å². The van der Waals surface area contributed by atoms with Gasteiger partial charge < -0.3 is 24.1 Å². The topological polar surface area (TPSA) is 57.2 Å². The molecule has 19 heavy (non-hydrogen) atoms. The molecule has 0 rings (SSSR count). The highest BCUT2D eigenvalue weighted by Crippen LogP contribution is 2.24. The molecule has 5 heteroatoms. The molecule has 1 atom stereocenters. The van der Waals surface area contributed by atoms with E-state index >= 15 is 0 Å². The summed E-state index contributed by atoms with van der Waals surface area (Å²) in [5, 5.41) is 9.82. The predicted octanol–water partition coefficient (Wildman–Crippen LogP) is 2.67. The van der Waals surface area contributed by atoms with E-state index in [0.717, 1.165) is 19.3 Å². The largest absolute Gasteiger partial charge is 0.368 e. The fourth-order valence-electron chi connectivity index (χ4n) is 1.54. The monoisotopic (exact) mass is 278 g/mol. The van der Waals surface area contributed by atoms with Crippen molar-refractivity contribution in [1.82, 2.24) is 0 Å². The van der Waals surface area contributed by atoms with Crippen LogP contribution < -0.4 is 0 Å². The SMILES string of the molecule is CCCOC(CC(O)OCC)(OCCC)OCCC. The molecule has 0 amide bonds. The van der Waals surface area contributed by atoms with E-state index < -0.39 is 12.3 Å². The second-order valence-electron chi connectivity index (χ2n) is 4.34. The summed E-state index contributed by atoms with van der Waals surface area (Å²) in [6.07, 6.45) is 1.78. The van der Waals surface area contributed by atoms with Gasteiger partial charge in [-0.1, -0.05) is 20.8 Å². The molecule has 1 unspecified atom stereocenters. The zero-order chi connectivity index (χ0) is 14.6. The number of aliphatic hydroxyl groups is 1. The minimum absolute atomic E-state index is 0.154. The van der Waals surface area contributed by atoms with Crippen LogP contribution in [-0.4, -0.2) is 43.8 Å². The van der Waals surface area contributed by atoms with Crippen molar-refractivity contribution in [2.45, 2.75) is 65.6 Å². The molecule has 1 N–H and O–H groups in total. The van der Waals surface area contributed by atoms with Gasteiger partial charge in [0.05, 0.1) is 26.2 Å². The van der Waals surface area contributed by atoms with Crippen molar-refractivity contribution in [2.75, 3.05) is 26.4 Å². The van der Waals surface area contributed by atoms with Crippen LogP contribution in [0, 0.1) is 0 Å². The Labute approximate surface area is 117 Å². The van der Waals surface area contributed by atoms with Crippen LogP contribution in [-0.2, 0) is 18.9 Å². The summed E-state index contributed by atoms with van der Waals surface area (Å²) in [6, 6.07) is 0. The summed E-state index contributed by atoms with van der Waals surface area (Å²) in [5.74, 6) is -1.20. The molecule has 0 fully saturated rings. The van der Waals surface area contributed by atoms with Gasteiger partial charge in [0.2, 0.25) is 0 Å². The highest BCUT2D eigenvalue weighted by Gasteiger charge is 2.36. The van der Waals surface area contributed by atoms with Crippen LogP contribution in [0.15, 0.2) is 0 Å². The third-order valence-electron chi connectivity index (χ3n) is 2.36. The molecule has 116 valence electrons. The lowest BCUT2D eigenvalue weighted by atomic mass is 10.3. The molecule has 0 saturated heterocycles. The molecule has 0 heterocycles. The summed E-state index contributed by atoms with van der Waals surface area (Å²) in [4.78, 5) is 0. The van der Waals surface area contributed by atoms with Gasteiger partial charge in [-0.15, -0.1) is 0 Å². The fraction of sp³-hybridized carbons (Fsp3) is 1.00. The fourth-order valence-corrected chi connectivity index (χ4v) is 1.54. The number of ether oxygens (including phenoxy) is 4. The molecule has 0 aromatic heterocycles. The number of hydrogen-bond acceptors (Lipinski definition) is 5. The molecule has 0 saturated carbocycles. The summed E-state index contributed by atoms with van der Waals surface area (Å²) < 4.78 is 22.3. The minimum atomic E-state index is -1.20. The van der Waals surface area contributed by atoms with Crippen molar-refractivity contribution < 1.29 is 24.1 Å². The van der Waals surface area contributed by atoms with Crippen molar-refractivity contribution in [3.05, 3.63) is 0 Å². The predicted molar refractivity (Wildman–Crippen MR) is 73.7 cm³/mol. The first-order valence-electron chi connectivity index (χ1n) is 7.35. The van der Waals surface area contributed by atoms with Crippen LogP contribution in [0.2, 0.25) is 0 Å². The molecule has 0 bridgehead atoms. The zero-order valence-electron chi connectivity index (χ0n) is 12.8. The van der Waals surface area contributed by atoms with Gasteiger partial charge in [0.25, 0.3) is 5.97 Å². The van der Waals surface area contributed by atoms with E-state index in [-0.39, 0.29) is 6.42 Å². The third kappa shape index (κ3) is 8.55. The van der Waals surface area contributed by atoms with Crippen LogP contribution in [0.4, 0.5) is 0 Å². The molecule has 5 nitrogen and oxygen atoms in total. The Morgan fingerprint density at radius 3 is 1.58 bits per heavy atom. The second kappa shape index (κ2) is 11.6. The molecular weight excluding hydrogens is 248 g/mol. The lowest BCUT2D eigenvalue weighted by molar-refractivity contribution is -0.397. The molecular formula is C14H30O5. The standard InChI is InChI=1S/C14H30O5/c1-5-9-17-14(18-10-6-2,19-11-7-3)12-13(15)16-8-4/h13,15H,5-12H2,1-4H3. The van der Waals surface area contributed by atoms with Gasteiger partial charge in [-0.25, -0.2) is 0 Å². The van der Waals surface area contributed by atoms with Crippen LogP contribution >= 0.6 is 0 Å². The van der Waals surface area contributed by atoms with Crippen molar-refractivity contribution >= 4 is 0 Å². The van der Waals surface area contributed by atoms with E-state index in [2.05, 4.69) is 0 Å². The third-order valence-corrected chi connectivity index (χ3v) is 2.36. The van der Waals surface area contributed by atoms with E-state index in [1.807, 2.05) is 27.7 Å². The lowest BCUT2D eigenvalue weighted by Gasteiger charge is -2.34. The number of hydrogen-bond donors (Lipinski definition) is 1. The quantitative estimate of drug-likeness (QED) is 0.525. The molecule has 0 aliphatic heterocycles. The van der Waals surface area contributed by atoms with Gasteiger partial charge in [0, 0.05) is 6.61 Å². The van der Waals surface area contributed by atoms with Crippen LogP contribution in [0.1, 0.15) is 53.4 Å². The maximum absolute atomic E-state index is 9.82. The van der Waals surface area contributed by atoms with E-state index in [1.165, 1.54) is 0 Å². The summed E-state index contributed by atoms with van der Waals surface area (Å²) in [5.41, 5.74) is 0. The van der Waals surface area contributed by atoms with E-state index in [1.54, 1.807) is 0 Å². The van der Waals surface area contributed by atoms with Gasteiger partial charge in [-0.05, 0) is 26.2 Å². The molecule has 0 aromatic carbocycles. The Balaban J connectivity index is 4.65. The van der Waals surface area contributed by atoms with Crippen LogP contribution in [0.3, 0.4) is 0 Å². The van der Waals surface area contributed by atoms with Gasteiger partial charge in [0.15, 0.2) is 6.29 Å². The van der Waals surface area contributed by atoms with Gasteiger partial charge in [0.1, 0.15) is 0 Å². The molecule has 0 radical (unpaired) electrons. The number of rotatable bonds is 13. The summed E-state index contributed by atoms with van der Waals surface area (Å²) in [7, 11) is 0. The molecule has 0 aliphatic rings. The van der Waals surface area contributed by atoms with Crippen molar-refractivity contribution in [2.24, 2.45) is 0 Å². The normalized spacial score (nSPS) is 13.7. The Kier molecular flexibility index (Phi) is 11.5. The number of aliphatic hydroxyl groups excluding tert-OH is 1. The van der Waals surface area contributed by atoms with E-state index in [9.17, 15) is 5.11 Å². The average molecular weight is 278 g/mol. The Morgan fingerprint density at radius 1 is 0.842 bits per heavy atom. The van der Waals surface area contributed by atoms with Crippen LogP contribution in [0.5, 0.6) is 0 Å². The zero-order valence-corrected chi connectivity index (χ0v) is 12.8. The molecule has 0 spiro atoms. The molecule has 0 aliphatic carbocycles. The highest BCUT2D eigenvalue weighted by atomic mass is 16.9. The maximum atomic E-state index is 9.82. The lowest BCUT2D eigenvalue weighted by Crippen LogP contribution is -2.43. The van der Waals surface area contributed by atoms with E-state index in [4.69, 9.17) is 18.9 Å². The summed E-state index contributed by atoms with van der Waals surface area (Å²) in [6.45, 7) is 9.88. The van der Waals surface area contributed by atoms with Gasteiger partial charge >= 0.3 is 0 Å². The minimum Gasteiger partial charge on any atom is -0.368 e. The summed E-state index contributed by atoms with van der Waals surface area (Å²) >= 11 is 0. The van der Waals surface area contributed by atoms with Crippen molar-refractivity contribution in [3.63, 3.8) is 0 Å². The Hall–Kier alpha value is -0.200. The molecule has 0 aromatic rings. The maximum Gasteiger partial charge on any atom is 0.287 e. The Morgan fingerprint density at radius 2 is 1.26 bits per heavy atom. The Bertz CT molecular complexity index is 177. The first kappa shape index (κ1) is 18.8. The average Bonchev–Trinajstić information content (AvgIpc) is 2.40. The second-order valence-corrected chi connectivity index (χ2v) is 4.34. The highest BCUT2D eigenvalue weighted by molar-refractivity contribution is 4.61. The van der Waals surface area contributed by atoms with Crippen LogP contribution in [0.25, 0.3) is 0 Å².